The highest BCUT2D eigenvalue weighted by atomic mass is 16.6. The minimum Gasteiger partial charge on any atom is -0.485 e. The number of piperidine rings is 1. The number of likely N-dealkylation sites (tertiary alicyclic amines) is 1. The number of aromatic nitrogens is 2. The van der Waals surface area contributed by atoms with E-state index in [1.165, 1.54) is 0 Å². The van der Waals surface area contributed by atoms with Gasteiger partial charge in [-0.25, -0.2) is 0 Å². The molecule has 3 heterocycles. The van der Waals surface area contributed by atoms with Crippen LogP contribution in [0.4, 0.5) is 0 Å². The molecular weight excluding hydrogens is 310 g/mol. The third kappa shape index (κ3) is 2.81. The third-order valence-corrected chi connectivity index (χ3v) is 4.41. The molecule has 2 aromatic rings. The third-order valence-electron chi connectivity index (χ3n) is 4.41. The van der Waals surface area contributed by atoms with Crippen molar-refractivity contribution in [1.29, 1.82) is 0 Å². The van der Waals surface area contributed by atoms with E-state index in [2.05, 4.69) is 10.1 Å². The Morgan fingerprint density at radius 3 is 2.92 bits per heavy atom. The number of carbonyl (C=O) groups is 1. The number of amides is 1. The number of aryl methyl sites for hydroxylation is 1. The fourth-order valence-electron chi connectivity index (χ4n) is 3.20. The van der Waals surface area contributed by atoms with Crippen molar-refractivity contribution < 1.29 is 18.8 Å². The smallest absolute Gasteiger partial charge is 0.267 e. The molecule has 0 N–H and O–H groups in total. The minimum absolute atomic E-state index is 0.0505. The van der Waals surface area contributed by atoms with Crippen LogP contribution in [0.15, 0.2) is 28.8 Å². The maximum absolute atomic E-state index is 12.8. The second-order valence-electron chi connectivity index (χ2n) is 6.17. The summed E-state index contributed by atoms with van der Waals surface area (Å²) in [7, 11) is 0. The SMILES string of the molecule is Cc1noc(C2CCCN(C(=O)C3COc4ccccc4O3)C2)n1. The topological polar surface area (TPSA) is 77.7 Å². The van der Waals surface area contributed by atoms with Crippen LogP contribution in [0.3, 0.4) is 0 Å². The lowest BCUT2D eigenvalue weighted by molar-refractivity contribution is -0.142. The first-order chi connectivity index (χ1) is 11.7. The highest BCUT2D eigenvalue weighted by Gasteiger charge is 2.35. The summed E-state index contributed by atoms with van der Waals surface area (Å²) in [6.07, 6.45) is 1.24. The van der Waals surface area contributed by atoms with Crippen molar-refractivity contribution in [2.45, 2.75) is 31.8 Å². The van der Waals surface area contributed by atoms with Crippen molar-refractivity contribution in [3.8, 4) is 11.5 Å². The summed E-state index contributed by atoms with van der Waals surface area (Å²) >= 11 is 0. The van der Waals surface area contributed by atoms with Crippen LogP contribution < -0.4 is 9.47 Å². The summed E-state index contributed by atoms with van der Waals surface area (Å²) in [5, 5.41) is 3.84. The van der Waals surface area contributed by atoms with Crippen LogP contribution in [0.1, 0.15) is 30.5 Å². The van der Waals surface area contributed by atoms with Crippen molar-refractivity contribution in [2.24, 2.45) is 0 Å². The minimum atomic E-state index is -0.608. The van der Waals surface area contributed by atoms with E-state index >= 15 is 0 Å². The number of para-hydroxylation sites is 2. The van der Waals surface area contributed by atoms with Gasteiger partial charge in [0.25, 0.3) is 5.91 Å². The van der Waals surface area contributed by atoms with Gasteiger partial charge >= 0.3 is 0 Å². The Morgan fingerprint density at radius 1 is 1.29 bits per heavy atom. The van der Waals surface area contributed by atoms with Gasteiger partial charge in [-0.3, -0.25) is 4.79 Å². The fraction of sp³-hybridized carbons (Fsp3) is 0.471. The molecular formula is C17H19N3O4. The molecule has 0 saturated carbocycles. The predicted molar refractivity (Wildman–Crippen MR) is 83.9 cm³/mol. The van der Waals surface area contributed by atoms with E-state index in [0.717, 1.165) is 12.8 Å². The Balaban J connectivity index is 1.45. The number of benzene rings is 1. The summed E-state index contributed by atoms with van der Waals surface area (Å²) < 4.78 is 16.7. The molecule has 7 heteroatoms. The van der Waals surface area contributed by atoms with Crippen LogP contribution in [0.2, 0.25) is 0 Å². The van der Waals surface area contributed by atoms with Gasteiger partial charge in [0.15, 0.2) is 17.3 Å². The Hall–Kier alpha value is -2.57. The maximum atomic E-state index is 12.8. The van der Waals surface area contributed by atoms with Gasteiger partial charge in [-0.1, -0.05) is 17.3 Å². The summed E-state index contributed by atoms with van der Waals surface area (Å²) in [5.41, 5.74) is 0. The Bertz CT molecular complexity index is 745. The second kappa shape index (κ2) is 6.14. The van der Waals surface area contributed by atoms with Crippen LogP contribution in [0.25, 0.3) is 0 Å². The molecule has 1 fully saturated rings. The van der Waals surface area contributed by atoms with Crippen molar-refractivity contribution in [3.05, 3.63) is 36.0 Å². The molecule has 2 aliphatic heterocycles. The summed E-state index contributed by atoms with van der Waals surface area (Å²) in [4.78, 5) is 18.9. The molecule has 2 unspecified atom stereocenters. The Morgan fingerprint density at radius 2 is 2.12 bits per heavy atom. The largest absolute Gasteiger partial charge is 0.485 e. The van der Waals surface area contributed by atoms with Gasteiger partial charge in [0, 0.05) is 13.1 Å². The highest BCUT2D eigenvalue weighted by Crippen LogP contribution is 2.32. The molecule has 0 radical (unpaired) electrons. The normalized spacial score (nSPS) is 23.1. The van der Waals surface area contributed by atoms with Gasteiger partial charge in [-0.05, 0) is 31.9 Å². The molecule has 7 nitrogen and oxygen atoms in total. The van der Waals surface area contributed by atoms with E-state index in [9.17, 15) is 4.79 Å². The Kier molecular flexibility index (Phi) is 3.84. The van der Waals surface area contributed by atoms with Crippen molar-refractivity contribution in [1.82, 2.24) is 15.0 Å². The molecule has 0 bridgehead atoms. The number of ether oxygens (including phenoxy) is 2. The van der Waals surface area contributed by atoms with E-state index in [1.54, 1.807) is 6.92 Å². The first-order valence-electron chi connectivity index (χ1n) is 8.18. The van der Waals surface area contributed by atoms with E-state index in [4.69, 9.17) is 14.0 Å². The molecule has 126 valence electrons. The van der Waals surface area contributed by atoms with E-state index in [0.29, 0.717) is 36.3 Å². The average molecular weight is 329 g/mol. The average Bonchev–Trinajstić information content (AvgIpc) is 3.07. The molecule has 1 amide bonds. The molecule has 2 aliphatic rings. The monoisotopic (exact) mass is 329 g/mol. The molecule has 24 heavy (non-hydrogen) atoms. The molecule has 1 aromatic carbocycles. The second-order valence-corrected chi connectivity index (χ2v) is 6.17. The van der Waals surface area contributed by atoms with E-state index in [1.807, 2.05) is 29.2 Å². The fourth-order valence-corrected chi connectivity index (χ4v) is 3.20. The van der Waals surface area contributed by atoms with Gasteiger partial charge < -0.3 is 18.9 Å². The molecule has 1 aromatic heterocycles. The molecule has 2 atom stereocenters. The van der Waals surface area contributed by atoms with E-state index in [-0.39, 0.29) is 18.4 Å². The first kappa shape index (κ1) is 15.0. The van der Waals surface area contributed by atoms with Gasteiger partial charge in [-0.15, -0.1) is 0 Å². The highest BCUT2D eigenvalue weighted by molar-refractivity contribution is 5.82. The van der Waals surface area contributed by atoms with Gasteiger partial charge in [-0.2, -0.15) is 4.98 Å². The molecule has 0 aliphatic carbocycles. The van der Waals surface area contributed by atoms with Crippen molar-refractivity contribution in [2.75, 3.05) is 19.7 Å². The number of hydrogen-bond acceptors (Lipinski definition) is 6. The zero-order valence-electron chi connectivity index (χ0n) is 13.5. The summed E-state index contributed by atoms with van der Waals surface area (Å²) in [6, 6.07) is 7.40. The molecule has 1 saturated heterocycles. The van der Waals surface area contributed by atoms with Crippen LogP contribution >= 0.6 is 0 Å². The lowest BCUT2D eigenvalue weighted by Gasteiger charge is -2.35. The number of rotatable bonds is 2. The molecule has 0 spiro atoms. The number of hydrogen-bond donors (Lipinski definition) is 0. The lowest BCUT2D eigenvalue weighted by Crippen LogP contribution is -2.49. The van der Waals surface area contributed by atoms with Gasteiger partial charge in [0.2, 0.25) is 12.0 Å². The Labute approximate surface area is 139 Å². The predicted octanol–water partition coefficient (Wildman–Crippen LogP) is 1.92. The number of nitrogens with zero attached hydrogens (tertiary/aromatic N) is 3. The molecule has 4 rings (SSSR count). The van der Waals surface area contributed by atoms with Crippen molar-refractivity contribution in [3.63, 3.8) is 0 Å². The van der Waals surface area contributed by atoms with Gasteiger partial charge in [0.1, 0.15) is 6.61 Å². The van der Waals surface area contributed by atoms with Gasteiger partial charge in [0.05, 0.1) is 5.92 Å². The first-order valence-corrected chi connectivity index (χ1v) is 8.18. The summed E-state index contributed by atoms with van der Waals surface area (Å²) in [6.45, 7) is 3.31. The number of fused-ring (bicyclic) bond motifs is 1. The zero-order valence-corrected chi connectivity index (χ0v) is 13.5. The number of carbonyl (C=O) groups excluding carboxylic acids is 1. The van der Waals surface area contributed by atoms with Crippen LogP contribution in [-0.4, -0.2) is 46.7 Å². The quantitative estimate of drug-likeness (QED) is 0.838. The van der Waals surface area contributed by atoms with Crippen LogP contribution in [-0.2, 0) is 4.79 Å². The standard InChI is InChI=1S/C17H19N3O4/c1-11-18-16(24-19-11)12-5-4-8-20(9-12)17(21)15-10-22-13-6-2-3-7-14(13)23-15/h2-3,6-7,12,15H,4-5,8-10H2,1H3. The van der Waals surface area contributed by atoms with Crippen LogP contribution in [0, 0.1) is 6.92 Å². The summed E-state index contributed by atoms with van der Waals surface area (Å²) in [5.74, 6) is 2.55. The van der Waals surface area contributed by atoms with Crippen LogP contribution in [0.5, 0.6) is 11.5 Å². The maximum Gasteiger partial charge on any atom is 0.267 e. The zero-order chi connectivity index (χ0) is 16.5. The lowest BCUT2D eigenvalue weighted by atomic mass is 9.97. The van der Waals surface area contributed by atoms with E-state index < -0.39 is 6.10 Å². The van der Waals surface area contributed by atoms with Crippen molar-refractivity contribution >= 4 is 5.91 Å².